The number of hydrogen-bond acceptors (Lipinski definition) is 13. The van der Waals surface area contributed by atoms with Crippen LogP contribution in [0, 0.1) is 0 Å². The minimum atomic E-state index is -3.46. The van der Waals surface area contributed by atoms with Gasteiger partial charge in [-0.2, -0.15) is 0 Å². The van der Waals surface area contributed by atoms with Crippen LogP contribution in [0.1, 0.15) is 80.3 Å². The molecule has 0 spiro atoms. The minimum Gasteiger partial charge on any atom is -0.456 e. The maximum Gasteiger partial charge on any atom is 0.407 e. The summed E-state index contributed by atoms with van der Waals surface area (Å²) in [7, 11) is -3.46. The molecule has 8 atom stereocenters. The molecule has 0 aromatic heterocycles. The highest BCUT2D eigenvalue weighted by molar-refractivity contribution is 6.99. The third-order valence-corrected chi connectivity index (χ3v) is 21.5. The SMILES string of the molecule is CC(=O)O[C@@H]([C@H](OC(C)=O)C(=O)C[C@H]1O[C@H](COCc2ccccc2)[C@@H](OCc2ccccc2)[C@H](OCc2ccccc2)[C@H]1OCc1ccccc1)[C@@H](CO[Si](c1ccccc1)(c1ccccc1)C(C)(C)C)NC(=O)OCC1c2ccccc2-c2ccccc21. The van der Waals surface area contributed by atoms with Gasteiger partial charge in [-0.1, -0.05) is 251 Å². The van der Waals surface area contributed by atoms with Crippen molar-refractivity contribution in [2.45, 2.75) is 127 Å². The molecule has 1 N–H and O–H groups in total. The number of hydrogen-bond donors (Lipinski definition) is 1. The van der Waals surface area contributed by atoms with Crippen molar-refractivity contribution in [2.24, 2.45) is 0 Å². The highest BCUT2D eigenvalue weighted by atomic mass is 28.4. The van der Waals surface area contributed by atoms with Crippen molar-refractivity contribution in [1.82, 2.24) is 5.32 Å². The number of amides is 1. The maximum absolute atomic E-state index is 16.0. The summed E-state index contributed by atoms with van der Waals surface area (Å²) in [5.74, 6) is -2.70. The van der Waals surface area contributed by atoms with E-state index in [1.807, 2.05) is 231 Å². The van der Waals surface area contributed by atoms with E-state index in [1.54, 1.807) is 0 Å². The van der Waals surface area contributed by atoms with Crippen molar-refractivity contribution in [2.75, 3.05) is 19.8 Å². The van der Waals surface area contributed by atoms with Gasteiger partial charge in [0.15, 0.2) is 18.0 Å². The van der Waals surface area contributed by atoms with Gasteiger partial charge in [-0.3, -0.25) is 14.4 Å². The zero-order chi connectivity index (χ0) is 62.9. The summed E-state index contributed by atoms with van der Waals surface area (Å²) in [5.41, 5.74) is 7.65. The minimum absolute atomic E-state index is 0.00477. The number of esters is 2. The van der Waals surface area contributed by atoms with Crippen LogP contribution in [0.3, 0.4) is 0 Å². The lowest BCUT2D eigenvalue weighted by molar-refractivity contribution is -0.273. The van der Waals surface area contributed by atoms with E-state index in [1.165, 1.54) is 13.8 Å². The van der Waals surface area contributed by atoms with Gasteiger partial charge in [-0.05, 0) is 59.9 Å². The summed E-state index contributed by atoms with van der Waals surface area (Å²) >= 11 is 0. The van der Waals surface area contributed by atoms with Crippen molar-refractivity contribution in [3.63, 3.8) is 0 Å². The van der Waals surface area contributed by atoms with E-state index in [0.29, 0.717) is 0 Å². The molecule has 8 aromatic carbocycles. The van der Waals surface area contributed by atoms with Crippen LogP contribution < -0.4 is 15.7 Å². The fraction of sp³-hybridized carbons (Fsp3) is 0.307. The Labute approximate surface area is 528 Å². The molecule has 8 aromatic rings. The van der Waals surface area contributed by atoms with Gasteiger partial charge in [0.05, 0.1) is 51.8 Å². The Morgan fingerprint density at radius 1 is 0.489 bits per heavy atom. The lowest BCUT2D eigenvalue weighted by Gasteiger charge is -2.46. The van der Waals surface area contributed by atoms with Gasteiger partial charge < -0.3 is 47.6 Å². The first-order valence-electron chi connectivity index (χ1n) is 30.7. The smallest absolute Gasteiger partial charge is 0.407 e. The third kappa shape index (κ3) is 16.1. The summed E-state index contributed by atoms with van der Waals surface area (Å²) in [5, 5.41) is 4.29. The van der Waals surface area contributed by atoms with Crippen molar-refractivity contribution in [3.05, 3.63) is 264 Å². The Bertz CT molecular complexity index is 3490. The van der Waals surface area contributed by atoms with Gasteiger partial charge in [0.2, 0.25) is 0 Å². The quantitative estimate of drug-likeness (QED) is 0.0280. The van der Waals surface area contributed by atoms with Gasteiger partial charge in [0, 0.05) is 26.2 Å². The molecule has 0 unspecified atom stereocenters. The van der Waals surface area contributed by atoms with Crippen LogP contribution >= 0.6 is 0 Å². The fourth-order valence-corrected chi connectivity index (χ4v) is 17.0. The van der Waals surface area contributed by atoms with Crippen molar-refractivity contribution >= 4 is 42.5 Å². The van der Waals surface area contributed by atoms with E-state index in [-0.39, 0.29) is 52.2 Å². The third-order valence-electron chi connectivity index (χ3n) is 16.5. The standard InChI is InChI=1S/C75H79NO13Si/c1-52(77)87-69(65(50-86-90(75(3,4)5,58-36-20-10-21-37-58)59-38-22-11-23-39-59)76-74(80)85-49-64-62-42-26-24-40-60(62)61-41-25-27-43-63(61)64)70(88-53(2)78)66(79)44-67-71(82-46-55-30-14-7-15-31-55)73(84-48-57-34-18-9-19-35-57)72(83-47-56-32-16-8-17-33-56)68(89-67)51-81-45-54-28-12-6-13-29-54/h6-43,64-65,67-73H,44-51H2,1-5H3,(H,76,80)/t65-,67-,68-,69-,70-,71+,72-,73-/m1/s1. The molecule has 1 amide bonds. The first-order chi connectivity index (χ1) is 43.8. The number of carbonyl (C=O) groups excluding carboxylic acids is 4. The second kappa shape index (κ2) is 30.9. The second-order valence-corrected chi connectivity index (χ2v) is 28.1. The number of fused-ring (bicyclic) bond motifs is 3. The molecule has 1 aliphatic carbocycles. The summed E-state index contributed by atoms with van der Waals surface area (Å²) in [6, 6.07) is 73.3. The summed E-state index contributed by atoms with van der Waals surface area (Å²) < 4.78 is 60.6. The van der Waals surface area contributed by atoms with E-state index in [4.69, 9.17) is 42.3 Å². The first-order valence-corrected chi connectivity index (χ1v) is 32.6. The summed E-state index contributed by atoms with van der Waals surface area (Å²) in [6.45, 7) is 8.92. The van der Waals surface area contributed by atoms with Crippen LogP contribution in [0.15, 0.2) is 231 Å². The lowest BCUT2D eigenvalue weighted by Crippen LogP contribution is -2.68. The van der Waals surface area contributed by atoms with Crippen LogP contribution in [0.2, 0.25) is 5.04 Å². The van der Waals surface area contributed by atoms with E-state index in [9.17, 15) is 14.4 Å². The van der Waals surface area contributed by atoms with Crippen LogP contribution in [-0.4, -0.2) is 101 Å². The van der Waals surface area contributed by atoms with Gasteiger partial charge in [-0.15, -0.1) is 0 Å². The molecule has 1 heterocycles. The Morgan fingerprint density at radius 2 is 0.900 bits per heavy atom. The molecular weight excluding hydrogens is 1150 g/mol. The van der Waals surface area contributed by atoms with Gasteiger partial charge in [-0.25, -0.2) is 4.79 Å². The Morgan fingerprint density at radius 3 is 1.36 bits per heavy atom. The zero-order valence-corrected chi connectivity index (χ0v) is 52.6. The predicted octanol–water partition coefficient (Wildman–Crippen LogP) is 12.0. The molecular formula is C75H79NO13Si. The lowest BCUT2D eigenvalue weighted by atomic mass is 9.89. The molecule has 466 valence electrons. The number of nitrogens with one attached hydrogen (secondary N) is 1. The Balaban J connectivity index is 1.04. The monoisotopic (exact) mass is 1230 g/mol. The molecule has 0 radical (unpaired) electrons. The molecule has 1 fully saturated rings. The molecule has 0 saturated carbocycles. The maximum atomic E-state index is 16.0. The molecule has 14 nitrogen and oxygen atoms in total. The average Bonchev–Trinajstić information content (AvgIpc) is 2.27. The average molecular weight is 1230 g/mol. The largest absolute Gasteiger partial charge is 0.456 e. The molecule has 2 aliphatic rings. The van der Waals surface area contributed by atoms with Crippen LogP contribution in [0.5, 0.6) is 0 Å². The molecule has 0 bridgehead atoms. The molecule has 15 heteroatoms. The molecule has 1 saturated heterocycles. The van der Waals surface area contributed by atoms with Gasteiger partial charge >= 0.3 is 18.0 Å². The van der Waals surface area contributed by atoms with Crippen molar-refractivity contribution in [1.29, 1.82) is 0 Å². The molecule has 90 heavy (non-hydrogen) atoms. The van der Waals surface area contributed by atoms with E-state index >= 15 is 4.79 Å². The van der Waals surface area contributed by atoms with Crippen molar-refractivity contribution < 1.29 is 61.5 Å². The molecule has 10 rings (SSSR count). The predicted molar refractivity (Wildman–Crippen MR) is 346 cm³/mol. The van der Waals surface area contributed by atoms with E-state index in [2.05, 4.69) is 26.1 Å². The molecule has 1 aliphatic heterocycles. The van der Waals surface area contributed by atoms with E-state index in [0.717, 1.165) is 54.9 Å². The number of carbonyl (C=O) groups is 4. The number of rotatable bonds is 28. The van der Waals surface area contributed by atoms with Crippen LogP contribution in [0.4, 0.5) is 4.79 Å². The van der Waals surface area contributed by atoms with Crippen LogP contribution in [0.25, 0.3) is 11.1 Å². The van der Waals surface area contributed by atoms with Gasteiger partial charge in [0.25, 0.3) is 8.32 Å². The second-order valence-electron chi connectivity index (χ2n) is 23.8. The fourth-order valence-electron chi connectivity index (χ4n) is 12.4. The Kier molecular flexibility index (Phi) is 22.2. The normalized spacial score (nSPS) is 18.3. The number of alkyl carbamates (subject to hydrolysis) is 1. The number of ether oxygens (including phenoxy) is 8. The van der Waals surface area contributed by atoms with E-state index < -0.39 is 92.4 Å². The number of Topliss-reactive ketones (excluding diaryl/α,β-unsaturated/α-hetero) is 1. The Hall–Kier alpha value is -8.38. The zero-order valence-electron chi connectivity index (χ0n) is 51.6. The topological polar surface area (TPSA) is 163 Å². The highest BCUT2D eigenvalue weighted by Gasteiger charge is 2.53. The number of ketones is 1. The summed E-state index contributed by atoms with van der Waals surface area (Å²) in [6.07, 6.45) is -9.71. The highest BCUT2D eigenvalue weighted by Crippen LogP contribution is 2.45. The summed E-state index contributed by atoms with van der Waals surface area (Å²) in [4.78, 5) is 58.4. The van der Waals surface area contributed by atoms with Crippen LogP contribution in [-0.2, 0) is 83.1 Å². The first kappa shape index (κ1) is 64.6. The number of benzene rings is 8. The van der Waals surface area contributed by atoms with Gasteiger partial charge in [0.1, 0.15) is 31.0 Å². The van der Waals surface area contributed by atoms with Crippen molar-refractivity contribution in [3.8, 4) is 11.1 Å².